The molecule has 0 unspecified atom stereocenters. The summed E-state index contributed by atoms with van der Waals surface area (Å²) in [5.74, 6) is 0.320. The van der Waals surface area contributed by atoms with Crippen LogP contribution in [-0.2, 0) is 0 Å². The number of fused-ring (bicyclic) bond motifs is 1. The molecule has 0 aliphatic carbocycles. The van der Waals surface area contributed by atoms with Crippen LogP contribution in [-0.4, -0.2) is 19.6 Å². The highest BCUT2D eigenvalue weighted by atomic mass is 16.5. The molecule has 0 atom stereocenters. The molecule has 3 rings (SSSR count). The smallest absolute Gasteiger partial charge is 0.259 e. The lowest BCUT2D eigenvalue weighted by Gasteiger charge is -2.15. The van der Waals surface area contributed by atoms with Crippen molar-refractivity contribution in [1.29, 1.82) is 5.26 Å². The van der Waals surface area contributed by atoms with Gasteiger partial charge in [-0.05, 0) is 35.9 Å². The van der Waals surface area contributed by atoms with E-state index in [1.807, 2.05) is 55.5 Å². The molecule has 1 N–H and O–H groups in total. The van der Waals surface area contributed by atoms with Crippen molar-refractivity contribution >= 4 is 22.4 Å². The molecule has 0 heterocycles. The largest absolute Gasteiger partial charge is 0.493 e. The summed E-state index contributed by atoms with van der Waals surface area (Å²) in [7, 11) is 1.48. The summed E-state index contributed by atoms with van der Waals surface area (Å²) in [5.41, 5.74) is 1.25. The Kier molecular flexibility index (Phi) is 5.04. The number of methoxy groups -OCH3 is 1. The van der Waals surface area contributed by atoms with E-state index in [1.165, 1.54) is 13.2 Å². The molecule has 0 aromatic heterocycles. The second-order valence-corrected chi connectivity index (χ2v) is 5.62. The fourth-order valence-corrected chi connectivity index (χ4v) is 2.75. The van der Waals surface area contributed by atoms with Gasteiger partial charge < -0.3 is 14.8 Å². The van der Waals surface area contributed by atoms with Crippen LogP contribution in [0.4, 0.5) is 5.69 Å². The Labute approximate surface area is 151 Å². The third-order valence-corrected chi connectivity index (χ3v) is 3.94. The average Bonchev–Trinajstić information content (AvgIpc) is 2.68. The number of nitrogens with one attached hydrogen (secondary N) is 1. The van der Waals surface area contributed by atoms with Crippen molar-refractivity contribution in [3.8, 4) is 17.6 Å². The van der Waals surface area contributed by atoms with E-state index in [2.05, 4.69) is 5.32 Å². The van der Waals surface area contributed by atoms with Gasteiger partial charge in [-0.1, -0.05) is 30.3 Å². The van der Waals surface area contributed by atoms with Crippen molar-refractivity contribution in [2.45, 2.75) is 6.92 Å². The highest BCUT2D eigenvalue weighted by Gasteiger charge is 2.19. The standard InChI is InChI=1S/C21H18N2O3/c1-3-26-20-18(10-14(13-22)11-19(20)25-2)21(24)23-17-9-8-15-6-4-5-7-16(15)12-17/h4-12H,3H2,1-2H3,(H,23,24). The highest BCUT2D eigenvalue weighted by Crippen LogP contribution is 2.33. The quantitative estimate of drug-likeness (QED) is 0.744. The Morgan fingerprint density at radius 3 is 2.58 bits per heavy atom. The zero-order valence-corrected chi connectivity index (χ0v) is 14.6. The van der Waals surface area contributed by atoms with E-state index in [9.17, 15) is 10.1 Å². The Morgan fingerprint density at radius 2 is 1.88 bits per heavy atom. The van der Waals surface area contributed by atoms with E-state index in [1.54, 1.807) is 6.07 Å². The van der Waals surface area contributed by atoms with Gasteiger partial charge in [0.1, 0.15) is 0 Å². The minimum atomic E-state index is -0.362. The number of ether oxygens (including phenoxy) is 2. The molecule has 0 spiro atoms. The number of nitrogens with zero attached hydrogens (tertiary/aromatic N) is 1. The van der Waals surface area contributed by atoms with Gasteiger partial charge >= 0.3 is 0 Å². The van der Waals surface area contributed by atoms with Crippen LogP contribution in [0.3, 0.4) is 0 Å². The third-order valence-electron chi connectivity index (χ3n) is 3.94. The molecule has 26 heavy (non-hydrogen) atoms. The number of amides is 1. The van der Waals surface area contributed by atoms with E-state index in [4.69, 9.17) is 9.47 Å². The molecule has 0 fully saturated rings. The summed E-state index contributed by atoms with van der Waals surface area (Å²) < 4.78 is 10.9. The van der Waals surface area contributed by atoms with E-state index in [0.717, 1.165) is 10.8 Å². The van der Waals surface area contributed by atoms with Crippen LogP contribution in [0.25, 0.3) is 10.8 Å². The van der Waals surface area contributed by atoms with Crippen LogP contribution in [0.15, 0.2) is 54.6 Å². The maximum Gasteiger partial charge on any atom is 0.259 e. The molecule has 3 aromatic carbocycles. The molecule has 3 aromatic rings. The fourth-order valence-electron chi connectivity index (χ4n) is 2.75. The van der Waals surface area contributed by atoms with Gasteiger partial charge in [0.2, 0.25) is 0 Å². The minimum Gasteiger partial charge on any atom is -0.493 e. The summed E-state index contributed by atoms with van der Waals surface area (Å²) in [6.45, 7) is 2.20. The summed E-state index contributed by atoms with van der Waals surface area (Å²) in [6.07, 6.45) is 0. The van der Waals surface area contributed by atoms with Crippen LogP contribution < -0.4 is 14.8 Å². The average molecular weight is 346 g/mol. The van der Waals surface area contributed by atoms with Crippen molar-refractivity contribution < 1.29 is 14.3 Å². The predicted molar refractivity (Wildman–Crippen MR) is 101 cm³/mol. The lowest BCUT2D eigenvalue weighted by atomic mass is 10.1. The lowest BCUT2D eigenvalue weighted by Crippen LogP contribution is -2.14. The molecule has 0 aliphatic heterocycles. The normalized spacial score (nSPS) is 10.2. The lowest BCUT2D eigenvalue weighted by molar-refractivity contribution is 0.102. The first kappa shape index (κ1) is 17.3. The number of carbonyl (C=O) groups excluding carboxylic acids is 1. The summed E-state index contributed by atoms with van der Waals surface area (Å²) >= 11 is 0. The van der Waals surface area contributed by atoms with Crippen LogP contribution in [0.5, 0.6) is 11.5 Å². The first-order valence-electron chi connectivity index (χ1n) is 8.21. The Bertz CT molecular complexity index is 1010. The molecule has 0 saturated heterocycles. The number of hydrogen-bond acceptors (Lipinski definition) is 4. The van der Waals surface area contributed by atoms with Crippen molar-refractivity contribution in [3.05, 3.63) is 65.7 Å². The summed E-state index contributed by atoms with van der Waals surface area (Å²) in [5, 5.41) is 14.2. The Hall–Kier alpha value is -3.52. The molecule has 1 amide bonds. The Balaban J connectivity index is 1.98. The zero-order valence-electron chi connectivity index (χ0n) is 14.6. The zero-order chi connectivity index (χ0) is 18.5. The molecule has 0 aliphatic rings. The summed E-state index contributed by atoms with van der Waals surface area (Å²) in [4.78, 5) is 12.8. The second kappa shape index (κ2) is 7.58. The van der Waals surface area contributed by atoms with Crippen LogP contribution in [0.2, 0.25) is 0 Å². The number of carbonyl (C=O) groups is 1. The monoisotopic (exact) mass is 346 g/mol. The van der Waals surface area contributed by atoms with E-state index in [-0.39, 0.29) is 11.5 Å². The molecular formula is C21H18N2O3. The number of rotatable bonds is 5. The van der Waals surface area contributed by atoms with Gasteiger partial charge in [0.15, 0.2) is 11.5 Å². The maximum atomic E-state index is 12.8. The van der Waals surface area contributed by atoms with Crippen molar-refractivity contribution in [2.24, 2.45) is 0 Å². The van der Waals surface area contributed by atoms with Crippen molar-refractivity contribution in [1.82, 2.24) is 0 Å². The number of benzene rings is 3. The topological polar surface area (TPSA) is 71.3 Å². The number of anilines is 1. The van der Waals surface area contributed by atoms with Gasteiger partial charge in [0, 0.05) is 11.8 Å². The second-order valence-electron chi connectivity index (χ2n) is 5.62. The van der Waals surface area contributed by atoms with Gasteiger partial charge in [0.05, 0.1) is 30.9 Å². The van der Waals surface area contributed by atoms with Gasteiger partial charge in [-0.25, -0.2) is 0 Å². The number of nitriles is 1. The van der Waals surface area contributed by atoms with E-state index >= 15 is 0 Å². The van der Waals surface area contributed by atoms with Gasteiger partial charge in [0.25, 0.3) is 5.91 Å². The fraction of sp³-hybridized carbons (Fsp3) is 0.143. The first-order valence-corrected chi connectivity index (χ1v) is 8.21. The SMILES string of the molecule is CCOc1c(OC)cc(C#N)cc1C(=O)Nc1ccc2ccccc2c1. The molecular weight excluding hydrogens is 328 g/mol. The van der Waals surface area contributed by atoms with Crippen LogP contribution in [0, 0.1) is 11.3 Å². The maximum absolute atomic E-state index is 12.8. The van der Waals surface area contributed by atoms with Gasteiger partial charge in [-0.3, -0.25) is 4.79 Å². The molecule has 0 radical (unpaired) electrons. The van der Waals surface area contributed by atoms with Gasteiger partial charge in [-0.15, -0.1) is 0 Å². The minimum absolute atomic E-state index is 0.260. The van der Waals surface area contributed by atoms with Crippen molar-refractivity contribution in [3.63, 3.8) is 0 Å². The molecule has 130 valence electrons. The summed E-state index contributed by atoms with van der Waals surface area (Å²) in [6, 6.07) is 18.7. The van der Waals surface area contributed by atoms with E-state index in [0.29, 0.717) is 29.4 Å². The third kappa shape index (κ3) is 3.45. The molecule has 0 bridgehead atoms. The molecule has 5 heteroatoms. The predicted octanol–water partition coefficient (Wildman–Crippen LogP) is 4.37. The highest BCUT2D eigenvalue weighted by molar-refractivity contribution is 6.07. The van der Waals surface area contributed by atoms with E-state index < -0.39 is 0 Å². The first-order chi connectivity index (χ1) is 12.7. The number of hydrogen-bond donors (Lipinski definition) is 1. The molecule has 5 nitrogen and oxygen atoms in total. The molecule has 0 saturated carbocycles. The Morgan fingerprint density at radius 1 is 1.12 bits per heavy atom. The van der Waals surface area contributed by atoms with Gasteiger partial charge in [-0.2, -0.15) is 5.26 Å². The van der Waals surface area contributed by atoms with Crippen molar-refractivity contribution in [2.75, 3.05) is 19.0 Å². The van der Waals surface area contributed by atoms with Crippen LogP contribution in [0.1, 0.15) is 22.8 Å². The van der Waals surface area contributed by atoms with Crippen LogP contribution >= 0.6 is 0 Å².